The SMILES string of the molecule is C=C(C(=O)O)C(CC(=O)OCCOCCCCCC)(C(=O)O)c1ccc(C)cc1. The Hall–Kier alpha value is -2.67. The van der Waals surface area contributed by atoms with Crippen LogP contribution in [-0.2, 0) is 29.3 Å². The van der Waals surface area contributed by atoms with Crippen LogP contribution in [0.2, 0.25) is 0 Å². The van der Waals surface area contributed by atoms with Crippen molar-refractivity contribution in [1.29, 1.82) is 0 Å². The van der Waals surface area contributed by atoms with Crippen molar-refractivity contribution < 1.29 is 34.1 Å². The van der Waals surface area contributed by atoms with E-state index in [4.69, 9.17) is 9.47 Å². The van der Waals surface area contributed by atoms with Crippen LogP contribution in [0.25, 0.3) is 0 Å². The summed E-state index contributed by atoms with van der Waals surface area (Å²) in [5.74, 6) is -3.79. The van der Waals surface area contributed by atoms with Crippen LogP contribution in [0.5, 0.6) is 0 Å². The molecular formula is C22H30O7. The Morgan fingerprint density at radius 1 is 1.00 bits per heavy atom. The minimum atomic E-state index is -2.11. The van der Waals surface area contributed by atoms with E-state index in [1.807, 2.05) is 6.92 Å². The van der Waals surface area contributed by atoms with Gasteiger partial charge in [-0.2, -0.15) is 0 Å². The molecule has 1 aromatic carbocycles. The van der Waals surface area contributed by atoms with Crippen LogP contribution >= 0.6 is 0 Å². The van der Waals surface area contributed by atoms with Crippen molar-refractivity contribution in [3.8, 4) is 0 Å². The minimum Gasteiger partial charge on any atom is -0.480 e. The zero-order chi connectivity index (χ0) is 21.9. The Labute approximate surface area is 171 Å². The van der Waals surface area contributed by atoms with E-state index < -0.39 is 35.3 Å². The average Bonchev–Trinajstić information content (AvgIpc) is 2.68. The number of rotatable bonds is 14. The maximum atomic E-state index is 12.3. The summed E-state index contributed by atoms with van der Waals surface area (Å²) >= 11 is 0. The molecule has 0 saturated heterocycles. The van der Waals surface area contributed by atoms with Crippen LogP contribution in [-0.4, -0.2) is 47.9 Å². The van der Waals surface area contributed by atoms with Crippen LogP contribution in [0.1, 0.15) is 50.2 Å². The summed E-state index contributed by atoms with van der Waals surface area (Å²) in [6, 6.07) is 6.29. The van der Waals surface area contributed by atoms with Gasteiger partial charge in [0.1, 0.15) is 12.0 Å². The Morgan fingerprint density at radius 3 is 2.21 bits per heavy atom. The molecule has 7 heteroatoms. The highest BCUT2D eigenvalue weighted by atomic mass is 16.6. The van der Waals surface area contributed by atoms with Crippen LogP contribution in [0.4, 0.5) is 0 Å². The normalized spacial score (nSPS) is 12.8. The third-order valence-electron chi connectivity index (χ3n) is 4.73. The van der Waals surface area contributed by atoms with Crippen LogP contribution in [0, 0.1) is 6.92 Å². The van der Waals surface area contributed by atoms with Gasteiger partial charge in [0.25, 0.3) is 0 Å². The van der Waals surface area contributed by atoms with Crippen molar-refractivity contribution in [3.63, 3.8) is 0 Å². The standard InChI is InChI=1S/C22H30O7/c1-4-5-6-7-12-28-13-14-29-19(23)15-22(21(26)27,17(3)20(24)25)18-10-8-16(2)9-11-18/h8-11H,3-7,12-15H2,1-2H3,(H,24,25)(H,26,27). The molecule has 0 aliphatic heterocycles. The van der Waals surface area contributed by atoms with Crippen molar-refractivity contribution in [3.05, 3.63) is 47.5 Å². The summed E-state index contributed by atoms with van der Waals surface area (Å²) in [5, 5.41) is 19.3. The molecule has 1 rings (SSSR count). The maximum absolute atomic E-state index is 12.3. The van der Waals surface area contributed by atoms with E-state index in [2.05, 4.69) is 13.5 Å². The number of hydrogen-bond acceptors (Lipinski definition) is 5. The van der Waals surface area contributed by atoms with Gasteiger partial charge in [0, 0.05) is 6.61 Å². The van der Waals surface area contributed by atoms with E-state index in [0.717, 1.165) is 31.2 Å². The van der Waals surface area contributed by atoms with E-state index >= 15 is 0 Å². The number of esters is 1. The largest absolute Gasteiger partial charge is 0.480 e. The molecule has 0 saturated carbocycles. The van der Waals surface area contributed by atoms with Crippen molar-refractivity contribution >= 4 is 17.9 Å². The van der Waals surface area contributed by atoms with Crippen molar-refractivity contribution in [2.24, 2.45) is 0 Å². The Bertz CT molecular complexity index is 708. The number of ether oxygens (including phenoxy) is 2. The second kappa shape index (κ2) is 12.0. The fourth-order valence-electron chi connectivity index (χ4n) is 2.95. The summed E-state index contributed by atoms with van der Waals surface area (Å²) in [6.07, 6.45) is 3.60. The Morgan fingerprint density at radius 2 is 1.66 bits per heavy atom. The average molecular weight is 406 g/mol. The molecule has 0 aliphatic carbocycles. The number of carboxylic acids is 2. The lowest BCUT2D eigenvalue weighted by molar-refractivity contribution is -0.154. The molecule has 0 amide bonds. The first-order chi connectivity index (χ1) is 13.8. The molecule has 1 aromatic rings. The number of benzene rings is 1. The first-order valence-corrected chi connectivity index (χ1v) is 9.72. The van der Waals surface area contributed by atoms with E-state index in [1.165, 1.54) is 12.1 Å². The molecule has 0 aliphatic rings. The van der Waals surface area contributed by atoms with Gasteiger partial charge in [0.05, 0.1) is 18.6 Å². The molecule has 29 heavy (non-hydrogen) atoms. The third-order valence-corrected chi connectivity index (χ3v) is 4.73. The predicted octanol–water partition coefficient (Wildman–Crippen LogP) is 3.49. The highest BCUT2D eigenvalue weighted by Gasteiger charge is 2.48. The first kappa shape index (κ1) is 24.4. The van der Waals surface area contributed by atoms with Gasteiger partial charge in [-0.3, -0.25) is 9.59 Å². The summed E-state index contributed by atoms with van der Waals surface area (Å²) in [4.78, 5) is 36.0. The second-order valence-corrected chi connectivity index (χ2v) is 6.93. The van der Waals surface area contributed by atoms with Gasteiger partial charge in [0.2, 0.25) is 0 Å². The fourth-order valence-corrected chi connectivity index (χ4v) is 2.95. The monoisotopic (exact) mass is 406 g/mol. The second-order valence-electron chi connectivity index (χ2n) is 6.93. The molecular weight excluding hydrogens is 376 g/mol. The molecule has 7 nitrogen and oxygen atoms in total. The lowest BCUT2D eigenvalue weighted by Crippen LogP contribution is -2.42. The number of unbranched alkanes of at least 4 members (excludes halogenated alkanes) is 3. The molecule has 0 heterocycles. The molecule has 0 bridgehead atoms. The Kier molecular flexibility index (Phi) is 10.1. The van der Waals surface area contributed by atoms with Gasteiger partial charge >= 0.3 is 17.9 Å². The predicted molar refractivity (Wildman–Crippen MR) is 108 cm³/mol. The maximum Gasteiger partial charge on any atom is 0.332 e. The Balaban J connectivity index is 2.81. The molecule has 0 spiro atoms. The van der Waals surface area contributed by atoms with Crippen molar-refractivity contribution in [2.45, 2.75) is 51.4 Å². The van der Waals surface area contributed by atoms with Crippen LogP contribution in [0.15, 0.2) is 36.4 Å². The third kappa shape index (κ3) is 7.02. The molecule has 2 N–H and O–H groups in total. The number of carbonyl (C=O) groups is 3. The minimum absolute atomic E-state index is 0.0320. The lowest BCUT2D eigenvalue weighted by Gasteiger charge is -2.29. The molecule has 0 fully saturated rings. The van der Waals surface area contributed by atoms with E-state index in [1.54, 1.807) is 12.1 Å². The number of aliphatic carboxylic acids is 2. The fraction of sp³-hybridized carbons (Fsp3) is 0.500. The van der Waals surface area contributed by atoms with Gasteiger partial charge in [-0.05, 0) is 18.9 Å². The van der Waals surface area contributed by atoms with Crippen LogP contribution < -0.4 is 0 Å². The molecule has 1 atom stereocenters. The number of carboxylic acid groups (broad SMARTS) is 2. The zero-order valence-electron chi connectivity index (χ0n) is 17.1. The molecule has 0 aromatic heterocycles. The summed E-state index contributed by atoms with van der Waals surface area (Å²) in [7, 11) is 0. The van der Waals surface area contributed by atoms with Gasteiger partial charge in [-0.15, -0.1) is 0 Å². The summed E-state index contributed by atoms with van der Waals surface area (Å²) in [5.41, 5.74) is -1.69. The van der Waals surface area contributed by atoms with Gasteiger partial charge in [-0.1, -0.05) is 62.6 Å². The van der Waals surface area contributed by atoms with Crippen LogP contribution in [0.3, 0.4) is 0 Å². The first-order valence-electron chi connectivity index (χ1n) is 9.72. The molecule has 1 unspecified atom stereocenters. The highest BCUT2D eigenvalue weighted by molar-refractivity contribution is 6.02. The highest BCUT2D eigenvalue weighted by Crippen LogP contribution is 2.36. The van der Waals surface area contributed by atoms with E-state index in [9.17, 15) is 24.6 Å². The summed E-state index contributed by atoms with van der Waals surface area (Å²) in [6.45, 7) is 8.09. The molecule has 0 radical (unpaired) electrons. The topological polar surface area (TPSA) is 110 Å². The van der Waals surface area contributed by atoms with E-state index in [0.29, 0.717) is 6.61 Å². The van der Waals surface area contributed by atoms with Crippen molar-refractivity contribution in [2.75, 3.05) is 19.8 Å². The molecule has 160 valence electrons. The zero-order valence-corrected chi connectivity index (χ0v) is 17.1. The smallest absolute Gasteiger partial charge is 0.332 e. The van der Waals surface area contributed by atoms with Gasteiger partial charge < -0.3 is 19.7 Å². The quantitative estimate of drug-likeness (QED) is 0.276. The van der Waals surface area contributed by atoms with E-state index in [-0.39, 0.29) is 18.8 Å². The van der Waals surface area contributed by atoms with Crippen molar-refractivity contribution in [1.82, 2.24) is 0 Å². The number of carbonyl (C=O) groups excluding carboxylic acids is 1. The summed E-state index contributed by atoms with van der Waals surface area (Å²) < 4.78 is 10.5. The number of hydrogen-bond donors (Lipinski definition) is 2. The number of aryl methyl sites for hydroxylation is 1. The lowest BCUT2D eigenvalue weighted by atomic mass is 9.72. The van der Waals surface area contributed by atoms with Gasteiger partial charge in [0.15, 0.2) is 0 Å². The van der Waals surface area contributed by atoms with Gasteiger partial charge in [-0.25, -0.2) is 4.79 Å².